The van der Waals surface area contributed by atoms with Crippen molar-refractivity contribution in [2.24, 2.45) is 5.73 Å². The lowest BCUT2D eigenvalue weighted by atomic mass is 9.93. The maximum absolute atomic E-state index is 15.1. The number of hydrogen-bond donors (Lipinski definition) is 1. The maximum Gasteiger partial charge on any atom is 0.264 e. The molecule has 0 saturated heterocycles. The van der Waals surface area contributed by atoms with Crippen molar-refractivity contribution in [3.63, 3.8) is 0 Å². The van der Waals surface area contributed by atoms with E-state index in [9.17, 15) is 10.1 Å². The van der Waals surface area contributed by atoms with Gasteiger partial charge in [-0.25, -0.2) is 4.39 Å². The predicted molar refractivity (Wildman–Crippen MR) is 150 cm³/mol. The van der Waals surface area contributed by atoms with E-state index in [4.69, 9.17) is 0 Å². The van der Waals surface area contributed by atoms with E-state index < -0.39 is 0 Å². The molecule has 1 aliphatic carbocycles. The monoisotopic (exact) mass is 513 g/mol. The molecule has 1 heterocycles. The average molecular weight is 514 g/mol. The van der Waals surface area contributed by atoms with Gasteiger partial charge in [-0.15, -0.1) is 11.3 Å². The number of nitrogens with zero attached hydrogens (tertiary/aromatic N) is 2. The van der Waals surface area contributed by atoms with E-state index in [-0.39, 0.29) is 24.3 Å². The molecule has 0 radical (unpaired) electrons. The molecule has 1 aromatic heterocycles. The van der Waals surface area contributed by atoms with Crippen molar-refractivity contribution < 1.29 is 9.18 Å². The van der Waals surface area contributed by atoms with Crippen molar-refractivity contribution in [3.8, 4) is 17.2 Å². The molecule has 4 nitrogen and oxygen atoms in total. The van der Waals surface area contributed by atoms with Crippen molar-refractivity contribution in [2.45, 2.75) is 51.6 Å². The molecule has 1 fully saturated rings. The smallest absolute Gasteiger partial charge is 0.264 e. The molecular formula is C31H32FN3OS. The highest BCUT2D eigenvalue weighted by molar-refractivity contribution is 7.21. The number of carbonyl (C=O) groups excluding carboxylic acids is 1. The Morgan fingerprint density at radius 3 is 2.49 bits per heavy atom. The number of aryl methyl sites for hydroxylation is 1. The van der Waals surface area contributed by atoms with Crippen LogP contribution in [0.4, 0.5) is 4.39 Å². The van der Waals surface area contributed by atoms with Crippen molar-refractivity contribution in [1.29, 1.82) is 5.26 Å². The summed E-state index contributed by atoms with van der Waals surface area (Å²) in [7, 11) is 1.50. The van der Waals surface area contributed by atoms with E-state index in [1.54, 1.807) is 12.1 Å². The van der Waals surface area contributed by atoms with Gasteiger partial charge in [-0.3, -0.25) is 4.79 Å². The molecule has 190 valence electrons. The summed E-state index contributed by atoms with van der Waals surface area (Å²) in [5, 5.41) is 10.4. The summed E-state index contributed by atoms with van der Waals surface area (Å²) in [6.07, 6.45) is 5.24. The minimum Gasteiger partial charge on any atom is -0.333 e. The molecule has 6 heteroatoms. The minimum absolute atomic E-state index is 0.00752. The highest BCUT2D eigenvalue weighted by Crippen LogP contribution is 2.34. The van der Waals surface area contributed by atoms with Crippen molar-refractivity contribution >= 4 is 27.3 Å². The van der Waals surface area contributed by atoms with E-state index in [0.717, 1.165) is 57.3 Å². The molecule has 0 bridgehead atoms. The van der Waals surface area contributed by atoms with Crippen LogP contribution in [0.15, 0.2) is 66.7 Å². The van der Waals surface area contributed by atoms with Crippen LogP contribution in [0.5, 0.6) is 0 Å². The SMILES string of the molecule is CN.Cc1c(C(=O)N(Cc2cc(-c3cccc(C#N)c3)ccc2F)C2CCCCC2)sc2ccccc12. The number of fused-ring (bicyclic) bond motifs is 1. The van der Waals surface area contributed by atoms with Crippen LogP contribution in [-0.2, 0) is 6.54 Å². The number of carbonyl (C=O) groups is 1. The lowest BCUT2D eigenvalue weighted by molar-refractivity contribution is 0.0616. The number of benzene rings is 3. The third-order valence-electron chi connectivity index (χ3n) is 7.03. The second-order valence-corrected chi connectivity index (χ2v) is 10.3. The minimum atomic E-state index is -0.313. The van der Waals surface area contributed by atoms with Gasteiger partial charge in [-0.1, -0.05) is 55.7 Å². The van der Waals surface area contributed by atoms with E-state index in [2.05, 4.69) is 17.9 Å². The van der Waals surface area contributed by atoms with Crippen LogP contribution in [0.3, 0.4) is 0 Å². The van der Waals surface area contributed by atoms with Gasteiger partial charge >= 0.3 is 0 Å². The molecule has 0 aliphatic heterocycles. The van der Waals surface area contributed by atoms with E-state index in [1.807, 2.05) is 54.3 Å². The Hall–Kier alpha value is -3.53. The standard InChI is InChI=1S/C30H27FN2OS.CH5N/c1-20-26-12-5-6-13-28(26)35-29(20)30(34)33(25-10-3-2-4-11-25)19-24-17-23(14-15-27(24)31)22-9-7-8-21(16-22)18-32;1-2/h5-9,12-17,25H,2-4,10-11,19H2,1H3;2H2,1H3. The van der Waals surface area contributed by atoms with Crippen LogP contribution in [0.1, 0.15) is 58.5 Å². The molecule has 0 spiro atoms. The first-order valence-electron chi connectivity index (χ1n) is 12.7. The van der Waals surface area contributed by atoms with Crippen molar-refractivity contribution in [2.75, 3.05) is 7.05 Å². The molecule has 4 aromatic rings. The summed E-state index contributed by atoms with van der Waals surface area (Å²) in [4.78, 5) is 16.6. The Morgan fingerprint density at radius 2 is 1.76 bits per heavy atom. The van der Waals surface area contributed by atoms with E-state index >= 15 is 4.39 Å². The number of rotatable bonds is 5. The fourth-order valence-electron chi connectivity index (χ4n) is 5.10. The van der Waals surface area contributed by atoms with Crippen LogP contribution in [0.2, 0.25) is 0 Å². The fraction of sp³-hybridized carbons (Fsp3) is 0.290. The van der Waals surface area contributed by atoms with Gasteiger partial charge in [-0.05, 0) is 79.2 Å². The lowest BCUT2D eigenvalue weighted by Crippen LogP contribution is -2.41. The van der Waals surface area contributed by atoms with Crippen LogP contribution < -0.4 is 5.73 Å². The summed E-state index contributed by atoms with van der Waals surface area (Å²) >= 11 is 1.53. The Labute approximate surface area is 222 Å². The van der Waals surface area contributed by atoms with E-state index in [0.29, 0.717) is 11.1 Å². The molecule has 2 N–H and O–H groups in total. The number of nitriles is 1. The third-order valence-corrected chi connectivity index (χ3v) is 8.29. The topological polar surface area (TPSA) is 70.1 Å². The number of hydrogen-bond acceptors (Lipinski definition) is 4. The fourth-order valence-corrected chi connectivity index (χ4v) is 6.26. The van der Waals surface area contributed by atoms with Crippen LogP contribution in [0, 0.1) is 24.1 Å². The Balaban J connectivity index is 0.00000156. The molecule has 0 atom stereocenters. The van der Waals surface area contributed by atoms with Gasteiger partial charge in [0.25, 0.3) is 5.91 Å². The Morgan fingerprint density at radius 1 is 1.03 bits per heavy atom. The molecule has 37 heavy (non-hydrogen) atoms. The number of halogens is 1. The van der Waals surface area contributed by atoms with Gasteiger partial charge in [0.2, 0.25) is 0 Å². The number of thiophene rings is 1. The Bertz CT molecular complexity index is 1430. The van der Waals surface area contributed by atoms with Gasteiger partial charge in [0.15, 0.2) is 0 Å². The van der Waals surface area contributed by atoms with Gasteiger partial charge in [0, 0.05) is 22.8 Å². The van der Waals surface area contributed by atoms with Crippen LogP contribution in [0.25, 0.3) is 21.2 Å². The third kappa shape index (κ3) is 5.74. The predicted octanol–water partition coefficient (Wildman–Crippen LogP) is 7.44. The molecule has 5 rings (SSSR count). The number of amides is 1. The Kier molecular flexibility index (Phi) is 8.70. The van der Waals surface area contributed by atoms with Gasteiger partial charge in [-0.2, -0.15) is 5.26 Å². The first-order chi connectivity index (χ1) is 18.0. The molecular weight excluding hydrogens is 481 g/mol. The molecule has 0 unspecified atom stereocenters. The first kappa shape index (κ1) is 26.5. The first-order valence-corrected chi connectivity index (χ1v) is 13.5. The quantitative estimate of drug-likeness (QED) is 0.301. The second kappa shape index (κ2) is 12.1. The summed E-state index contributed by atoms with van der Waals surface area (Å²) in [6, 6.07) is 22.7. The summed E-state index contributed by atoms with van der Waals surface area (Å²) < 4.78 is 16.2. The lowest BCUT2D eigenvalue weighted by Gasteiger charge is -2.34. The normalized spacial score (nSPS) is 13.5. The molecule has 1 amide bonds. The largest absolute Gasteiger partial charge is 0.333 e. The van der Waals surface area contributed by atoms with Crippen LogP contribution >= 0.6 is 11.3 Å². The molecule has 3 aromatic carbocycles. The van der Waals surface area contributed by atoms with Gasteiger partial charge in [0.05, 0.1) is 16.5 Å². The zero-order valence-corrected chi connectivity index (χ0v) is 22.2. The summed E-state index contributed by atoms with van der Waals surface area (Å²) in [5.74, 6) is -0.321. The van der Waals surface area contributed by atoms with Gasteiger partial charge < -0.3 is 10.6 Å². The average Bonchev–Trinajstić information content (AvgIpc) is 3.30. The number of nitrogens with two attached hydrogens (primary N) is 1. The molecule has 1 aliphatic rings. The second-order valence-electron chi connectivity index (χ2n) is 9.28. The zero-order valence-electron chi connectivity index (χ0n) is 21.3. The van der Waals surface area contributed by atoms with Crippen molar-refractivity contribution in [1.82, 2.24) is 4.90 Å². The molecule has 1 saturated carbocycles. The van der Waals surface area contributed by atoms with Gasteiger partial charge in [0.1, 0.15) is 5.82 Å². The zero-order chi connectivity index (χ0) is 26.4. The highest BCUT2D eigenvalue weighted by atomic mass is 32.1. The summed E-state index contributed by atoms with van der Waals surface area (Å²) in [5.41, 5.74) is 8.27. The summed E-state index contributed by atoms with van der Waals surface area (Å²) in [6.45, 7) is 2.24. The maximum atomic E-state index is 15.1. The van der Waals surface area contributed by atoms with E-state index in [1.165, 1.54) is 30.9 Å². The van der Waals surface area contributed by atoms with Crippen molar-refractivity contribution in [3.05, 3.63) is 94.1 Å². The highest BCUT2D eigenvalue weighted by Gasteiger charge is 2.29. The van der Waals surface area contributed by atoms with Crippen LogP contribution in [-0.4, -0.2) is 23.9 Å².